The molecule has 0 aromatic heterocycles. The molecule has 0 heterocycles. The molecule has 0 spiro atoms. The van der Waals surface area contributed by atoms with E-state index < -0.39 is 36.5 Å². The van der Waals surface area contributed by atoms with E-state index in [1.165, 1.54) is 48.5 Å². The van der Waals surface area contributed by atoms with E-state index in [4.69, 9.17) is 16.1 Å². The van der Waals surface area contributed by atoms with Crippen molar-refractivity contribution in [3.8, 4) is 0 Å². The minimum atomic E-state index is -1.22. The van der Waals surface area contributed by atoms with E-state index in [2.05, 4.69) is 0 Å². The third-order valence-electron chi connectivity index (χ3n) is 3.30. The molecule has 24 heavy (non-hydrogen) atoms. The second kappa shape index (κ2) is 7.69. The normalized spacial score (nSPS) is 11.6. The Balaban J connectivity index is 2.29. The maximum atomic E-state index is 13.1. The first-order valence-electron chi connectivity index (χ1n) is 7.12. The fourth-order valence-corrected chi connectivity index (χ4v) is 2.11. The van der Waals surface area contributed by atoms with Gasteiger partial charge in [0.25, 0.3) is 0 Å². The Hall–Kier alpha value is -2.74. The topological polar surface area (TPSA) is 95.4 Å². The zero-order valence-corrected chi connectivity index (χ0v) is 12.6. The highest BCUT2D eigenvalue weighted by Crippen LogP contribution is 2.02. The molecule has 5 nitrogen and oxygen atoms in total. The molecule has 8 heteroatoms. The molecule has 0 unspecified atom stereocenters. The van der Waals surface area contributed by atoms with Crippen molar-refractivity contribution < 1.29 is 23.0 Å². The minimum absolute atomic E-state index is 0.363. The number of amides is 1. The third-order valence-corrected chi connectivity index (χ3v) is 3.30. The van der Waals surface area contributed by atoms with E-state index in [0.29, 0.717) is 10.9 Å². The summed E-state index contributed by atoms with van der Waals surface area (Å²) in [5, 5.41) is 0. The number of rotatable bonds is 6. The van der Waals surface area contributed by atoms with Crippen molar-refractivity contribution in [3.63, 3.8) is 0 Å². The number of primary amides is 1. The lowest BCUT2D eigenvalue weighted by atomic mass is 9.55. The Kier molecular flexibility index (Phi) is 5.65. The zero-order valence-electron chi connectivity index (χ0n) is 12.6. The Labute approximate surface area is 137 Å². The van der Waals surface area contributed by atoms with Crippen LogP contribution in [0.4, 0.5) is 8.78 Å². The molecule has 1 amide bonds. The fourth-order valence-electron chi connectivity index (χ4n) is 2.11. The van der Waals surface area contributed by atoms with Gasteiger partial charge in [-0.05, 0) is 35.2 Å². The van der Waals surface area contributed by atoms with Crippen LogP contribution < -0.4 is 22.4 Å². The Morgan fingerprint density at radius 3 is 1.75 bits per heavy atom. The van der Waals surface area contributed by atoms with Crippen molar-refractivity contribution in [2.75, 3.05) is 0 Å². The van der Waals surface area contributed by atoms with Crippen LogP contribution in [-0.2, 0) is 14.2 Å². The average molecular weight is 332 g/mol. The van der Waals surface area contributed by atoms with Crippen LogP contribution in [0.1, 0.15) is 6.42 Å². The first-order valence-corrected chi connectivity index (χ1v) is 7.12. The van der Waals surface area contributed by atoms with Crippen LogP contribution in [0.2, 0.25) is 0 Å². The molecule has 0 aliphatic rings. The van der Waals surface area contributed by atoms with E-state index in [9.17, 15) is 18.4 Å². The van der Waals surface area contributed by atoms with Crippen molar-refractivity contribution in [1.29, 1.82) is 0 Å². The molecule has 4 N–H and O–H groups in total. The number of nitrogens with two attached hydrogens (primary N) is 2. The molecule has 0 radical (unpaired) electrons. The predicted octanol–water partition coefficient (Wildman–Crippen LogP) is -0.184. The van der Waals surface area contributed by atoms with E-state index in [1.807, 2.05) is 0 Å². The molecule has 2 aromatic rings. The highest BCUT2D eigenvalue weighted by Gasteiger charge is 2.29. The van der Waals surface area contributed by atoms with E-state index >= 15 is 0 Å². The molecule has 0 fully saturated rings. The van der Waals surface area contributed by atoms with Crippen LogP contribution in [0.15, 0.2) is 48.5 Å². The van der Waals surface area contributed by atoms with Gasteiger partial charge in [-0.3, -0.25) is 9.59 Å². The number of halogens is 2. The summed E-state index contributed by atoms with van der Waals surface area (Å²) in [7, 11) is 0. The minimum Gasteiger partial charge on any atom is -0.525 e. The van der Waals surface area contributed by atoms with Gasteiger partial charge in [-0.15, -0.1) is 0 Å². The van der Waals surface area contributed by atoms with Gasteiger partial charge in [0, 0.05) is 0 Å². The molecular weight excluding hydrogens is 317 g/mol. The number of carbonyl (C=O) groups excluding carboxylic acids is 2. The molecular formula is C16H15BF2N2O3. The zero-order chi connectivity index (χ0) is 17.7. The first-order chi connectivity index (χ1) is 11.4. The monoisotopic (exact) mass is 332 g/mol. The summed E-state index contributed by atoms with van der Waals surface area (Å²) in [6.45, 7) is -0.919. The lowest BCUT2D eigenvalue weighted by Gasteiger charge is -2.18. The number of hydrogen-bond donors (Lipinski definition) is 2. The van der Waals surface area contributed by atoms with Crippen molar-refractivity contribution >= 4 is 29.7 Å². The van der Waals surface area contributed by atoms with Gasteiger partial charge in [-0.25, -0.2) is 8.78 Å². The molecule has 0 saturated carbocycles. The van der Waals surface area contributed by atoms with Crippen molar-refractivity contribution in [3.05, 3.63) is 60.2 Å². The standard InChI is InChI=1S/C16H15BF2N2O3/c18-12-5-1-10(2-6-12)17(11-3-7-13(19)8-4-11)24-16(23)14(20)9-15(21)22/h1-8,14H,9,20H2,(H2,21,22)/t14-/m0/s1. The van der Waals surface area contributed by atoms with Gasteiger partial charge in [0.15, 0.2) is 0 Å². The molecule has 0 aliphatic heterocycles. The van der Waals surface area contributed by atoms with Crippen molar-refractivity contribution in [1.82, 2.24) is 0 Å². The molecule has 0 bridgehead atoms. The first kappa shape index (κ1) is 17.6. The largest absolute Gasteiger partial charge is 0.525 e. The highest BCUT2D eigenvalue weighted by molar-refractivity contribution is 6.81. The molecule has 0 saturated heterocycles. The Morgan fingerprint density at radius 2 is 1.38 bits per heavy atom. The second-order valence-corrected chi connectivity index (χ2v) is 5.20. The maximum absolute atomic E-state index is 13.1. The summed E-state index contributed by atoms with van der Waals surface area (Å²) in [6.07, 6.45) is -0.363. The van der Waals surface area contributed by atoms with E-state index in [0.717, 1.165) is 0 Å². The molecule has 2 aromatic carbocycles. The van der Waals surface area contributed by atoms with Crippen LogP contribution in [0.3, 0.4) is 0 Å². The third kappa shape index (κ3) is 4.63. The Morgan fingerprint density at radius 1 is 0.958 bits per heavy atom. The molecule has 1 atom stereocenters. The van der Waals surface area contributed by atoms with Gasteiger partial charge in [0.05, 0.1) is 6.42 Å². The fraction of sp³-hybridized carbons (Fsp3) is 0.125. The maximum Gasteiger partial charge on any atom is 0.429 e. The molecule has 2 rings (SSSR count). The van der Waals surface area contributed by atoms with Gasteiger partial charge in [-0.2, -0.15) is 0 Å². The lowest BCUT2D eigenvalue weighted by Crippen LogP contribution is -2.49. The molecule has 0 aliphatic carbocycles. The second-order valence-electron chi connectivity index (χ2n) is 5.20. The SMILES string of the molecule is NC(=O)C[C@H](N)C(=O)OB(c1ccc(F)cc1)c1ccc(F)cc1. The summed E-state index contributed by atoms with van der Waals surface area (Å²) in [5.41, 5.74) is 11.5. The van der Waals surface area contributed by atoms with Gasteiger partial charge < -0.3 is 16.1 Å². The van der Waals surface area contributed by atoms with Gasteiger partial charge in [0.2, 0.25) is 5.91 Å². The number of benzene rings is 2. The summed E-state index contributed by atoms with van der Waals surface area (Å²) >= 11 is 0. The van der Waals surface area contributed by atoms with Crippen LogP contribution in [-0.4, -0.2) is 24.8 Å². The summed E-state index contributed by atoms with van der Waals surface area (Å²) in [5.74, 6) is -2.48. The predicted molar refractivity (Wildman–Crippen MR) is 85.7 cm³/mol. The quantitative estimate of drug-likeness (QED) is 0.717. The number of hydrogen-bond acceptors (Lipinski definition) is 4. The van der Waals surface area contributed by atoms with Crippen molar-refractivity contribution in [2.45, 2.75) is 12.5 Å². The van der Waals surface area contributed by atoms with E-state index in [-0.39, 0.29) is 6.42 Å². The van der Waals surface area contributed by atoms with Gasteiger partial charge in [0.1, 0.15) is 17.7 Å². The number of carbonyl (C=O) groups is 2. The van der Waals surface area contributed by atoms with Crippen LogP contribution in [0.25, 0.3) is 0 Å². The van der Waals surface area contributed by atoms with Crippen LogP contribution in [0, 0.1) is 11.6 Å². The van der Waals surface area contributed by atoms with E-state index in [1.54, 1.807) is 0 Å². The van der Waals surface area contributed by atoms with Crippen LogP contribution >= 0.6 is 0 Å². The van der Waals surface area contributed by atoms with Gasteiger partial charge in [-0.1, -0.05) is 24.3 Å². The smallest absolute Gasteiger partial charge is 0.429 e. The summed E-state index contributed by atoms with van der Waals surface area (Å²) in [6, 6.07) is 9.39. The summed E-state index contributed by atoms with van der Waals surface area (Å²) in [4.78, 5) is 22.9. The van der Waals surface area contributed by atoms with Crippen molar-refractivity contribution in [2.24, 2.45) is 11.5 Å². The molecule has 124 valence electrons. The Bertz CT molecular complexity index is 678. The highest BCUT2D eigenvalue weighted by atomic mass is 19.1. The summed E-state index contributed by atoms with van der Waals surface area (Å²) < 4.78 is 31.6. The van der Waals surface area contributed by atoms with Crippen LogP contribution in [0.5, 0.6) is 0 Å². The lowest BCUT2D eigenvalue weighted by molar-refractivity contribution is -0.137. The average Bonchev–Trinajstić information content (AvgIpc) is 2.53. The van der Waals surface area contributed by atoms with Gasteiger partial charge >= 0.3 is 12.9 Å².